The van der Waals surface area contributed by atoms with E-state index in [0.717, 1.165) is 10.6 Å². The predicted octanol–water partition coefficient (Wildman–Crippen LogP) is 0.982. The van der Waals surface area contributed by atoms with Gasteiger partial charge in [0.15, 0.2) is 0 Å². The van der Waals surface area contributed by atoms with Gasteiger partial charge >= 0.3 is 100 Å². The normalized spacial score (nSPS) is 10.5. The molecule has 0 bridgehead atoms. The van der Waals surface area contributed by atoms with E-state index >= 15 is 0 Å². The van der Waals surface area contributed by atoms with Crippen molar-refractivity contribution in [3.05, 3.63) is 55.2 Å². The van der Waals surface area contributed by atoms with Gasteiger partial charge < -0.3 is 0 Å². The third-order valence-electron chi connectivity index (χ3n) is 2.48. The maximum absolute atomic E-state index is 5.52. The van der Waals surface area contributed by atoms with Crippen molar-refractivity contribution in [3.8, 4) is 0 Å². The SMILES string of the molecule is c1co[c]([In]([c]2ccco2)[c]2ccco2)c1. The number of hydrogen-bond acceptors (Lipinski definition) is 3. The Labute approximate surface area is 100 Å². The number of furan rings is 3. The molecule has 0 aliphatic heterocycles. The Bertz CT molecular complexity index is 441. The molecule has 3 aromatic rings. The molecule has 0 N–H and O–H groups in total. The summed E-state index contributed by atoms with van der Waals surface area (Å²) in [6, 6.07) is 11.7. The van der Waals surface area contributed by atoms with E-state index in [1.807, 2.05) is 36.4 Å². The van der Waals surface area contributed by atoms with Crippen LogP contribution in [0.15, 0.2) is 68.4 Å². The first-order valence-electron chi connectivity index (χ1n) is 5.05. The van der Waals surface area contributed by atoms with E-state index in [0.29, 0.717) is 0 Å². The molecule has 3 aromatic heterocycles. The Morgan fingerprint density at radius 1 is 0.625 bits per heavy atom. The molecular weight excluding hydrogens is 307 g/mol. The average Bonchev–Trinajstić information content (AvgIpc) is 3.02. The minimum atomic E-state index is -2.46. The molecule has 3 rings (SSSR count). The molecular formula is C12H9InO3. The molecule has 0 spiro atoms. The molecule has 78 valence electrons. The minimum absolute atomic E-state index is 1.02. The molecule has 0 amide bonds. The van der Waals surface area contributed by atoms with Crippen LogP contribution in [0.25, 0.3) is 0 Å². The summed E-state index contributed by atoms with van der Waals surface area (Å²) in [6.07, 6.45) is 5.10. The van der Waals surface area contributed by atoms with Crippen molar-refractivity contribution in [2.75, 3.05) is 0 Å². The molecule has 0 saturated carbocycles. The second-order valence-electron chi connectivity index (χ2n) is 3.48. The fraction of sp³-hybridized carbons (Fsp3) is 0. The van der Waals surface area contributed by atoms with E-state index in [1.165, 1.54) is 0 Å². The van der Waals surface area contributed by atoms with Gasteiger partial charge in [-0.25, -0.2) is 0 Å². The summed E-state index contributed by atoms with van der Waals surface area (Å²) in [7, 11) is 0. The van der Waals surface area contributed by atoms with Crippen molar-refractivity contribution < 1.29 is 13.3 Å². The third kappa shape index (κ3) is 1.73. The van der Waals surface area contributed by atoms with Crippen LogP contribution >= 0.6 is 0 Å². The van der Waals surface area contributed by atoms with Gasteiger partial charge in [-0.3, -0.25) is 0 Å². The van der Waals surface area contributed by atoms with Crippen molar-refractivity contribution in [2.24, 2.45) is 0 Å². The first-order chi connectivity index (χ1) is 7.95. The van der Waals surface area contributed by atoms with E-state index in [1.54, 1.807) is 18.8 Å². The van der Waals surface area contributed by atoms with E-state index in [9.17, 15) is 0 Å². The van der Waals surface area contributed by atoms with Gasteiger partial charge in [0.05, 0.1) is 0 Å². The van der Waals surface area contributed by atoms with Crippen LogP contribution in [0.1, 0.15) is 0 Å². The first kappa shape index (κ1) is 9.90. The molecule has 0 fully saturated rings. The molecule has 0 unspecified atom stereocenters. The molecule has 0 atom stereocenters. The Morgan fingerprint density at radius 3 is 1.25 bits per heavy atom. The van der Waals surface area contributed by atoms with Gasteiger partial charge in [0, 0.05) is 0 Å². The molecule has 0 aromatic carbocycles. The van der Waals surface area contributed by atoms with Crippen molar-refractivity contribution in [3.63, 3.8) is 0 Å². The second-order valence-corrected chi connectivity index (χ2v) is 10.8. The summed E-state index contributed by atoms with van der Waals surface area (Å²) in [5.41, 5.74) is 0. The Balaban J connectivity index is 2.09. The summed E-state index contributed by atoms with van der Waals surface area (Å²) in [5.74, 6) is 0. The van der Waals surface area contributed by atoms with Crippen molar-refractivity contribution >= 4 is 32.0 Å². The van der Waals surface area contributed by atoms with Crippen LogP contribution in [0.2, 0.25) is 0 Å². The van der Waals surface area contributed by atoms with Gasteiger partial charge in [-0.1, -0.05) is 0 Å². The van der Waals surface area contributed by atoms with Gasteiger partial charge in [-0.15, -0.1) is 0 Å². The van der Waals surface area contributed by atoms with Crippen LogP contribution in [0.5, 0.6) is 0 Å². The summed E-state index contributed by atoms with van der Waals surface area (Å²) in [6.45, 7) is 0. The zero-order valence-electron chi connectivity index (χ0n) is 8.50. The monoisotopic (exact) mass is 316 g/mol. The fourth-order valence-corrected chi connectivity index (χ4v) is 8.63. The third-order valence-corrected chi connectivity index (χ3v) is 10.2. The standard InChI is InChI=1S/3C4H3O.In/c3*1-2-4-5-3-1;/h3*1-3H;. The molecule has 3 nitrogen and oxygen atoms in total. The topological polar surface area (TPSA) is 39.4 Å². The molecule has 0 saturated heterocycles. The van der Waals surface area contributed by atoms with Crippen molar-refractivity contribution in [1.82, 2.24) is 0 Å². The Kier molecular flexibility index (Phi) is 2.66. The number of hydrogen-bond donors (Lipinski definition) is 0. The molecule has 0 aliphatic rings. The van der Waals surface area contributed by atoms with Crippen LogP contribution in [0.4, 0.5) is 0 Å². The average molecular weight is 316 g/mol. The molecule has 0 aliphatic carbocycles. The fourth-order valence-electron chi connectivity index (χ4n) is 1.79. The predicted molar refractivity (Wildman–Crippen MR) is 60.8 cm³/mol. The molecule has 0 radical (unpaired) electrons. The maximum atomic E-state index is 5.52. The summed E-state index contributed by atoms with van der Waals surface area (Å²) < 4.78 is 19.6. The van der Waals surface area contributed by atoms with Crippen LogP contribution in [-0.2, 0) is 0 Å². The quantitative estimate of drug-likeness (QED) is 0.723. The van der Waals surface area contributed by atoms with Gasteiger partial charge in [-0.2, -0.15) is 0 Å². The summed E-state index contributed by atoms with van der Waals surface area (Å²) in [5, 5.41) is 0. The zero-order chi connectivity index (χ0) is 10.8. The molecule has 3 heterocycles. The molecule has 4 heteroatoms. The molecule has 16 heavy (non-hydrogen) atoms. The Hall–Kier alpha value is -1.29. The van der Waals surface area contributed by atoms with Gasteiger partial charge in [0.2, 0.25) is 0 Å². The van der Waals surface area contributed by atoms with Gasteiger partial charge in [0.25, 0.3) is 0 Å². The van der Waals surface area contributed by atoms with Crippen molar-refractivity contribution in [1.29, 1.82) is 0 Å². The van der Waals surface area contributed by atoms with E-state index in [-0.39, 0.29) is 0 Å². The first-order valence-corrected chi connectivity index (χ1v) is 9.99. The van der Waals surface area contributed by atoms with Gasteiger partial charge in [0.1, 0.15) is 0 Å². The van der Waals surface area contributed by atoms with E-state index < -0.39 is 21.4 Å². The summed E-state index contributed by atoms with van der Waals surface area (Å²) >= 11 is -2.46. The van der Waals surface area contributed by atoms with Crippen LogP contribution in [-0.4, -0.2) is 21.4 Å². The second kappa shape index (κ2) is 4.29. The van der Waals surface area contributed by atoms with Gasteiger partial charge in [-0.05, 0) is 0 Å². The van der Waals surface area contributed by atoms with Crippen LogP contribution < -0.4 is 10.6 Å². The zero-order valence-corrected chi connectivity index (χ0v) is 11.8. The van der Waals surface area contributed by atoms with E-state index in [4.69, 9.17) is 13.3 Å². The van der Waals surface area contributed by atoms with E-state index in [2.05, 4.69) is 0 Å². The van der Waals surface area contributed by atoms with Crippen LogP contribution in [0, 0.1) is 0 Å². The van der Waals surface area contributed by atoms with Crippen molar-refractivity contribution in [2.45, 2.75) is 0 Å². The van der Waals surface area contributed by atoms with Crippen LogP contribution in [0.3, 0.4) is 0 Å². The number of rotatable bonds is 3. The Morgan fingerprint density at radius 2 is 1.00 bits per heavy atom. The summed E-state index contributed by atoms with van der Waals surface area (Å²) in [4.78, 5) is 0.